The first-order valence-corrected chi connectivity index (χ1v) is 8.40. The number of rotatable bonds is 5. The fourth-order valence-electron chi connectivity index (χ4n) is 3.35. The van der Waals surface area contributed by atoms with Crippen molar-refractivity contribution in [3.8, 4) is 0 Å². The summed E-state index contributed by atoms with van der Waals surface area (Å²) in [6.45, 7) is 9.03. The van der Waals surface area contributed by atoms with E-state index in [4.69, 9.17) is 0 Å². The van der Waals surface area contributed by atoms with Crippen LogP contribution in [0, 0.1) is 17.8 Å². The molecule has 2 rings (SSSR count). The molecule has 0 radical (unpaired) electrons. The minimum absolute atomic E-state index is 0.0101. The predicted octanol–water partition coefficient (Wildman–Crippen LogP) is 3.17. The Kier molecular flexibility index (Phi) is 5.45. The second-order valence-corrected chi connectivity index (χ2v) is 7.23. The van der Waals surface area contributed by atoms with Gasteiger partial charge in [-0.05, 0) is 36.3 Å². The summed E-state index contributed by atoms with van der Waals surface area (Å²) in [5.74, 6) is -0.870. The van der Waals surface area contributed by atoms with Crippen molar-refractivity contribution in [2.45, 2.75) is 40.0 Å². The van der Waals surface area contributed by atoms with Gasteiger partial charge in [0.15, 0.2) is 0 Å². The molecule has 0 bridgehead atoms. The Hall–Kier alpha value is -1.84. The van der Waals surface area contributed by atoms with Crippen molar-refractivity contribution >= 4 is 11.9 Å². The molecule has 4 heteroatoms. The number of carboxylic acids is 1. The number of carbonyl (C=O) groups is 2. The molecule has 0 spiro atoms. The first-order valence-electron chi connectivity index (χ1n) is 8.40. The molecule has 1 saturated heterocycles. The number of hydrogen-bond donors (Lipinski definition) is 1. The minimum atomic E-state index is -0.806. The van der Waals surface area contributed by atoms with E-state index in [1.807, 2.05) is 26.0 Å². The molecule has 1 heterocycles. The largest absolute Gasteiger partial charge is 0.481 e. The SMILES string of the molecule is CC(C)Cc1cccc(C(C)C(=O)N2C[C@@H](C)[C@H](C(=O)O)C2)c1. The van der Waals surface area contributed by atoms with E-state index in [1.165, 1.54) is 5.56 Å². The Morgan fingerprint density at radius 2 is 1.96 bits per heavy atom. The Morgan fingerprint density at radius 3 is 2.52 bits per heavy atom. The summed E-state index contributed by atoms with van der Waals surface area (Å²) in [6.07, 6.45) is 0.997. The van der Waals surface area contributed by atoms with Crippen LogP contribution in [0.1, 0.15) is 44.7 Å². The zero-order valence-electron chi connectivity index (χ0n) is 14.5. The molecule has 1 fully saturated rings. The van der Waals surface area contributed by atoms with Crippen LogP contribution in [0.5, 0.6) is 0 Å². The quantitative estimate of drug-likeness (QED) is 0.907. The van der Waals surface area contributed by atoms with E-state index < -0.39 is 11.9 Å². The average molecular weight is 317 g/mol. The van der Waals surface area contributed by atoms with Crippen molar-refractivity contribution in [2.24, 2.45) is 17.8 Å². The molecular formula is C19H27NO3. The van der Waals surface area contributed by atoms with Gasteiger partial charge in [0.25, 0.3) is 0 Å². The predicted molar refractivity (Wildman–Crippen MR) is 90.3 cm³/mol. The lowest BCUT2D eigenvalue weighted by molar-refractivity contribution is -0.142. The molecule has 1 aromatic carbocycles. The Morgan fingerprint density at radius 1 is 1.26 bits per heavy atom. The van der Waals surface area contributed by atoms with Crippen LogP contribution in [0.4, 0.5) is 0 Å². The molecule has 4 nitrogen and oxygen atoms in total. The molecular weight excluding hydrogens is 290 g/mol. The van der Waals surface area contributed by atoms with Crippen molar-refractivity contribution < 1.29 is 14.7 Å². The first-order chi connectivity index (χ1) is 10.8. The Labute approximate surface area is 138 Å². The lowest BCUT2D eigenvalue weighted by atomic mass is 9.94. The Bertz CT molecular complexity index is 582. The van der Waals surface area contributed by atoms with Crippen molar-refractivity contribution in [1.29, 1.82) is 0 Å². The highest BCUT2D eigenvalue weighted by Crippen LogP contribution is 2.27. The highest BCUT2D eigenvalue weighted by atomic mass is 16.4. The maximum absolute atomic E-state index is 12.7. The summed E-state index contributed by atoms with van der Waals surface area (Å²) in [4.78, 5) is 25.7. The molecule has 1 N–H and O–H groups in total. The summed E-state index contributed by atoms with van der Waals surface area (Å²) in [6, 6.07) is 8.19. The van der Waals surface area contributed by atoms with E-state index in [2.05, 4.69) is 26.0 Å². The van der Waals surface area contributed by atoms with E-state index in [1.54, 1.807) is 4.90 Å². The third kappa shape index (κ3) is 4.12. The molecule has 0 aromatic heterocycles. The van der Waals surface area contributed by atoms with Gasteiger partial charge < -0.3 is 10.0 Å². The van der Waals surface area contributed by atoms with Gasteiger partial charge in [0.05, 0.1) is 11.8 Å². The second-order valence-electron chi connectivity index (χ2n) is 7.23. The zero-order chi connectivity index (χ0) is 17.1. The lowest BCUT2D eigenvalue weighted by Crippen LogP contribution is -2.33. The van der Waals surface area contributed by atoms with Gasteiger partial charge in [0.1, 0.15) is 0 Å². The maximum Gasteiger partial charge on any atom is 0.308 e. The zero-order valence-corrected chi connectivity index (χ0v) is 14.5. The van der Waals surface area contributed by atoms with Gasteiger partial charge in [0, 0.05) is 13.1 Å². The van der Waals surface area contributed by atoms with Gasteiger partial charge in [-0.2, -0.15) is 0 Å². The highest BCUT2D eigenvalue weighted by molar-refractivity contribution is 5.84. The summed E-state index contributed by atoms with van der Waals surface area (Å²) >= 11 is 0. The van der Waals surface area contributed by atoms with Crippen LogP contribution in [0.15, 0.2) is 24.3 Å². The van der Waals surface area contributed by atoms with Crippen molar-refractivity contribution in [3.05, 3.63) is 35.4 Å². The standard InChI is InChI=1S/C19H27NO3/c1-12(2)8-15-6-5-7-16(9-15)14(4)18(21)20-10-13(3)17(11-20)19(22)23/h5-7,9,12-14,17H,8,10-11H2,1-4H3,(H,22,23)/t13-,14?,17-/m1/s1. The van der Waals surface area contributed by atoms with Crippen LogP contribution >= 0.6 is 0 Å². The van der Waals surface area contributed by atoms with E-state index in [0.29, 0.717) is 19.0 Å². The van der Waals surface area contributed by atoms with Crippen molar-refractivity contribution in [1.82, 2.24) is 4.90 Å². The number of benzene rings is 1. The molecule has 1 amide bonds. The van der Waals surface area contributed by atoms with Crippen LogP contribution in [0.2, 0.25) is 0 Å². The molecule has 0 saturated carbocycles. The van der Waals surface area contributed by atoms with Crippen molar-refractivity contribution in [3.63, 3.8) is 0 Å². The van der Waals surface area contributed by atoms with Crippen LogP contribution in [-0.4, -0.2) is 35.0 Å². The van der Waals surface area contributed by atoms with Crippen LogP contribution < -0.4 is 0 Å². The Balaban J connectivity index is 2.10. The summed E-state index contributed by atoms with van der Waals surface area (Å²) in [5.41, 5.74) is 2.26. The fraction of sp³-hybridized carbons (Fsp3) is 0.579. The molecule has 0 aliphatic carbocycles. The first kappa shape index (κ1) is 17.5. The highest BCUT2D eigenvalue weighted by Gasteiger charge is 2.38. The number of likely N-dealkylation sites (tertiary alicyclic amines) is 1. The summed E-state index contributed by atoms with van der Waals surface area (Å²) in [5, 5.41) is 9.22. The fourth-order valence-corrected chi connectivity index (χ4v) is 3.35. The molecule has 1 aromatic rings. The number of hydrogen-bond acceptors (Lipinski definition) is 2. The minimum Gasteiger partial charge on any atom is -0.481 e. The summed E-state index contributed by atoms with van der Waals surface area (Å²) in [7, 11) is 0. The van der Waals surface area contributed by atoms with Gasteiger partial charge in [-0.1, -0.05) is 45.0 Å². The van der Waals surface area contributed by atoms with Gasteiger partial charge in [0.2, 0.25) is 5.91 Å². The van der Waals surface area contributed by atoms with Gasteiger partial charge >= 0.3 is 5.97 Å². The van der Waals surface area contributed by atoms with E-state index >= 15 is 0 Å². The molecule has 1 aliphatic heterocycles. The molecule has 1 unspecified atom stereocenters. The van der Waals surface area contributed by atoms with Crippen molar-refractivity contribution in [2.75, 3.05) is 13.1 Å². The smallest absolute Gasteiger partial charge is 0.308 e. The van der Waals surface area contributed by atoms with Crippen LogP contribution in [-0.2, 0) is 16.0 Å². The van der Waals surface area contributed by atoms with Gasteiger partial charge in [-0.15, -0.1) is 0 Å². The lowest BCUT2D eigenvalue weighted by Gasteiger charge is -2.21. The number of carboxylic acid groups (broad SMARTS) is 1. The van der Waals surface area contributed by atoms with Crippen LogP contribution in [0.25, 0.3) is 0 Å². The topological polar surface area (TPSA) is 57.6 Å². The third-order valence-electron chi connectivity index (χ3n) is 4.71. The van der Waals surface area contributed by atoms with E-state index in [0.717, 1.165) is 12.0 Å². The number of nitrogens with zero attached hydrogens (tertiary/aromatic N) is 1. The van der Waals surface area contributed by atoms with Gasteiger partial charge in [-0.25, -0.2) is 0 Å². The summed E-state index contributed by atoms with van der Waals surface area (Å²) < 4.78 is 0. The van der Waals surface area contributed by atoms with Gasteiger partial charge in [-0.3, -0.25) is 9.59 Å². The normalized spacial score (nSPS) is 22.4. The maximum atomic E-state index is 12.7. The van der Waals surface area contributed by atoms with E-state index in [-0.39, 0.29) is 17.7 Å². The number of amides is 1. The number of carbonyl (C=O) groups excluding carboxylic acids is 1. The second kappa shape index (κ2) is 7.16. The third-order valence-corrected chi connectivity index (χ3v) is 4.71. The van der Waals surface area contributed by atoms with Crippen LogP contribution in [0.3, 0.4) is 0 Å². The monoisotopic (exact) mass is 317 g/mol. The molecule has 1 aliphatic rings. The number of aliphatic carboxylic acids is 1. The molecule has 3 atom stereocenters. The molecule has 126 valence electrons. The average Bonchev–Trinajstić information content (AvgIpc) is 2.87. The molecule has 23 heavy (non-hydrogen) atoms. The van der Waals surface area contributed by atoms with E-state index in [9.17, 15) is 14.7 Å².